The predicted molar refractivity (Wildman–Crippen MR) is 104 cm³/mol. The van der Waals surface area contributed by atoms with Gasteiger partial charge in [0.2, 0.25) is 5.91 Å². The number of carbonyl (C=O) groups is 1. The molecule has 0 aromatic carbocycles. The summed E-state index contributed by atoms with van der Waals surface area (Å²) >= 11 is 1.86. The Morgan fingerprint density at radius 2 is 1.92 bits per heavy atom. The van der Waals surface area contributed by atoms with Crippen LogP contribution in [0.3, 0.4) is 0 Å². The minimum absolute atomic E-state index is 0.200. The molecule has 1 aromatic rings. The number of morpholine rings is 1. The molecular formula is C20H31N3O2S. The number of amides is 1. The summed E-state index contributed by atoms with van der Waals surface area (Å²) in [6.45, 7) is 8.54. The first-order valence-electron chi connectivity index (χ1n) is 10.1. The third kappa shape index (κ3) is 4.47. The van der Waals surface area contributed by atoms with Gasteiger partial charge in [0.25, 0.3) is 0 Å². The Kier molecular flexibility index (Phi) is 6.25. The van der Waals surface area contributed by atoms with Crippen molar-refractivity contribution in [2.24, 2.45) is 5.92 Å². The quantitative estimate of drug-likeness (QED) is 0.807. The molecule has 3 aliphatic rings. The van der Waals surface area contributed by atoms with Crippen molar-refractivity contribution >= 4 is 17.2 Å². The summed E-state index contributed by atoms with van der Waals surface area (Å²) < 4.78 is 5.39. The van der Waals surface area contributed by atoms with E-state index in [1.165, 1.54) is 37.4 Å². The minimum Gasteiger partial charge on any atom is -0.378 e. The van der Waals surface area contributed by atoms with Crippen LogP contribution in [0.4, 0.5) is 0 Å². The van der Waals surface area contributed by atoms with Gasteiger partial charge in [-0.1, -0.05) is 6.07 Å². The molecule has 0 aliphatic carbocycles. The van der Waals surface area contributed by atoms with Gasteiger partial charge in [0.05, 0.1) is 19.1 Å². The smallest absolute Gasteiger partial charge is 0.227 e. The largest absolute Gasteiger partial charge is 0.378 e. The van der Waals surface area contributed by atoms with Gasteiger partial charge in [-0.2, -0.15) is 0 Å². The summed E-state index contributed by atoms with van der Waals surface area (Å²) in [5.41, 5.74) is 0. The van der Waals surface area contributed by atoms with E-state index < -0.39 is 0 Å². The molecule has 3 saturated heterocycles. The number of nitrogens with zero attached hydrogens (tertiary/aromatic N) is 3. The zero-order valence-corrected chi connectivity index (χ0v) is 16.5. The lowest BCUT2D eigenvalue weighted by Gasteiger charge is -2.43. The second-order valence-corrected chi connectivity index (χ2v) is 8.89. The van der Waals surface area contributed by atoms with E-state index in [1.54, 1.807) is 0 Å². The lowest BCUT2D eigenvalue weighted by molar-refractivity contribution is -0.142. The fraction of sp³-hybridized carbons (Fsp3) is 0.750. The Bertz CT molecular complexity index is 566. The molecule has 1 unspecified atom stereocenters. The average molecular weight is 378 g/mol. The molecule has 0 spiro atoms. The van der Waals surface area contributed by atoms with Gasteiger partial charge in [-0.15, -0.1) is 11.3 Å². The van der Waals surface area contributed by atoms with Crippen LogP contribution in [0, 0.1) is 5.92 Å². The van der Waals surface area contributed by atoms with Crippen molar-refractivity contribution in [1.82, 2.24) is 14.7 Å². The van der Waals surface area contributed by atoms with Crippen LogP contribution in [-0.2, 0) is 16.1 Å². The first kappa shape index (κ1) is 18.4. The van der Waals surface area contributed by atoms with Crippen molar-refractivity contribution in [2.75, 3.05) is 52.5 Å². The van der Waals surface area contributed by atoms with Crippen LogP contribution in [0.2, 0.25) is 0 Å². The van der Waals surface area contributed by atoms with Gasteiger partial charge in [0.1, 0.15) is 0 Å². The third-order valence-corrected chi connectivity index (χ3v) is 7.02. The molecule has 1 aromatic heterocycles. The van der Waals surface area contributed by atoms with Gasteiger partial charge < -0.3 is 9.64 Å². The van der Waals surface area contributed by atoms with Gasteiger partial charge in [0, 0.05) is 50.2 Å². The maximum absolute atomic E-state index is 12.8. The van der Waals surface area contributed by atoms with E-state index in [1.807, 2.05) is 16.2 Å². The van der Waals surface area contributed by atoms with Crippen molar-refractivity contribution in [1.29, 1.82) is 0 Å². The minimum atomic E-state index is 0.200. The standard InChI is InChI=1S/C20H31N3O2S/c24-20(22-10-12-25-13-11-22)17-3-1-7-23(15-17)18-5-8-21(9-6-18)16-19-4-2-14-26-19/h2,4,14,17-18H,1,3,5-13,15-16H2. The number of rotatable bonds is 4. The van der Waals surface area contributed by atoms with E-state index in [0.29, 0.717) is 25.2 Å². The molecule has 0 radical (unpaired) electrons. The van der Waals surface area contributed by atoms with Crippen LogP contribution >= 0.6 is 11.3 Å². The molecule has 0 bridgehead atoms. The Balaban J connectivity index is 1.26. The molecule has 1 amide bonds. The molecule has 1 atom stereocenters. The molecule has 4 heterocycles. The van der Waals surface area contributed by atoms with Gasteiger partial charge >= 0.3 is 0 Å². The lowest BCUT2D eigenvalue weighted by Crippen LogP contribution is -2.52. The lowest BCUT2D eigenvalue weighted by atomic mass is 9.92. The molecular weight excluding hydrogens is 346 g/mol. The van der Waals surface area contributed by atoms with Crippen LogP contribution in [0.5, 0.6) is 0 Å². The molecule has 4 rings (SSSR count). The van der Waals surface area contributed by atoms with Gasteiger partial charge in [0.15, 0.2) is 0 Å². The predicted octanol–water partition coefficient (Wildman–Crippen LogP) is 2.28. The van der Waals surface area contributed by atoms with E-state index in [2.05, 4.69) is 27.3 Å². The Labute approximate surface area is 160 Å². The number of likely N-dealkylation sites (tertiary alicyclic amines) is 2. The zero-order chi connectivity index (χ0) is 17.8. The van der Waals surface area contributed by atoms with Gasteiger partial charge in [-0.3, -0.25) is 14.6 Å². The second-order valence-electron chi connectivity index (χ2n) is 7.86. The molecule has 3 fully saturated rings. The molecule has 5 nitrogen and oxygen atoms in total. The van der Waals surface area contributed by atoms with Crippen molar-refractivity contribution in [2.45, 2.75) is 38.3 Å². The highest BCUT2D eigenvalue weighted by Gasteiger charge is 2.33. The number of carbonyl (C=O) groups excluding carboxylic acids is 1. The number of ether oxygens (including phenoxy) is 1. The molecule has 6 heteroatoms. The molecule has 3 aliphatic heterocycles. The molecule has 144 valence electrons. The summed E-state index contributed by atoms with van der Waals surface area (Å²) in [6.07, 6.45) is 4.70. The fourth-order valence-electron chi connectivity index (χ4n) is 4.65. The Hall–Kier alpha value is -0.950. The van der Waals surface area contributed by atoms with Crippen molar-refractivity contribution in [3.05, 3.63) is 22.4 Å². The maximum atomic E-state index is 12.8. The molecule has 0 saturated carbocycles. The van der Waals surface area contributed by atoms with Gasteiger partial charge in [-0.05, 0) is 43.7 Å². The van der Waals surface area contributed by atoms with E-state index in [-0.39, 0.29) is 5.92 Å². The van der Waals surface area contributed by atoms with E-state index in [9.17, 15) is 4.79 Å². The first-order chi connectivity index (χ1) is 12.8. The van der Waals surface area contributed by atoms with E-state index >= 15 is 0 Å². The van der Waals surface area contributed by atoms with Crippen LogP contribution in [0.15, 0.2) is 17.5 Å². The summed E-state index contributed by atoms with van der Waals surface area (Å²) in [5, 5.41) is 2.17. The van der Waals surface area contributed by atoms with E-state index in [4.69, 9.17) is 4.74 Å². The Morgan fingerprint density at radius 1 is 1.12 bits per heavy atom. The highest BCUT2D eigenvalue weighted by molar-refractivity contribution is 7.09. The van der Waals surface area contributed by atoms with E-state index in [0.717, 1.165) is 39.0 Å². The van der Waals surface area contributed by atoms with Crippen LogP contribution < -0.4 is 0 Å². The molecule has 0 N–H and O–H groups in total. The monoisotopic (exact) mass is 377 g/mol. The number of piperidine rings is 2. The Morgan fingerprint density at radius 3 is 2.65 bits per heavy atom. The first-order valence-corrected chi connectivity index (χ1v) is 11.0. The zero-order valence-electron chi connectivity index (χ0n) is 15.6. The summed E-state index contributed by atoms with van der Waals surface area (Å²) in [5.74, 6) is 0.569. The number of thiophene rings is 1. The topological polar surface area (TPSA) is 36.0 Å². The summed E-state index contributed by atoms with van der Waals surface area (Å²) in [6, 6.07) is 5.05. The summed E-state index contributed by atoms with van der Waals surface area (Å²) in [7, 11) is 0. The maximum Gasteiger partial charge on any atom is 0.227 e. The van der Waals surface area contributed by atoms with Gasteiger partial charge in [-0.25, -0.2) is 0 Å². The second kappa shape index (κ2) is 8.83. The fourth-order valence-corrected chi connectivity index (χ4v) is 5.39. The SMILES string of the molecule is O=C(C1CCCN(C2CCN(Cc3cccs3)CC2)C1)N1CCOCC1. The number of hydrogen-bond donors (Lipinski definition) is 0. The van der Waals surface area contributed by atoms with Crippen LogP contribution in [-0.4, -0.2) is 79.1 Å². The molecule has 26 heavy (non-hydrogen) atoms. The highest BCUT2D eigenvalue weighted by atomic mass is 32.1. The third-order valence-electron chi connectivity index (χ3n) is 6.16. The number of hydrogen-bond acceptors (Lipinski definition) is 5. The normalized spacial score (nSPS) is 26.9. The van der Waals surface area contributed by atoms with Crippen molar-refractivity contribution in [3.63, 3.8) is 0 Å². The average Bonchev–Trinajstić information content (AvgIpc) is 3.22. The van der Waals surface area contributed by atoms with Crippen LogP contribution in [0.1, 0.15) is 30.6 Å². The van der Waals surface area contributed by atoms with Crippen molar-refractivity contribution in [3.8, 4) is 0 Å². The summed E-state index contributed by atoms with van der Waals surface area (Å²) in [4.78, 5) is 21.6. The van der Waals surface area contributed by atoms with Crippen molar-refractivity contribution < 1.29 is 9.53 Å². The van der Waals surface area contributed by atoms with Crippen LogP contribution in [0.25, 0.3) is 0 Å². The highest BCUT2D eigenvalue weighted by Crippen LogP contribution is 2.26.